The molecule has 2 aliphatic rings. The van der Waals surface area contributed by atoms with E-state index < -0.39 is 11.7 Å². The number of H-pyrrole nitrogens is 1. The van der Waals surface area contributed by atoms with E-state index in [4.69, 9.17) is 11.2 Å². The van der Waals surface area contributed by atoms with Gasteiger partial charge in [0.15, 0.2) is 11.6 Å². The number of ether oxygens (including phenoxy) is 1. The molecular weight excluding hydrogens is 382 g/mol. The monoisotopic (exact) mass is 419 g/mol. The molecule has 1 saturated carbocycles. The van der Waals surface area contributed by atoms with Gasteiger partial charge in [-0.2, -0.15) is 10.1 Å². The molecule has 0 bridgehead atoms. The zero-order chi connectivity index (χ0) is 21.3. The second-order valence-corrected chi connectivity index (χ2v) is 8.76. The molecule has 2 aromatic heterocycles. The molecule has 3 heterocycles. The van der Waals surface area contributed by atoms with Crippen molar-refractivity contribution >= 4 is 23.7 Å². The van der Waals surface area contributed by atoms with Gasteiger partial charge in [0.1, 0.15) is 5.60 Å². The van der Waals surface area contributed by atoms with Crippen LogP contribution in [0.5, 0.6) is 0 Å². The Kier molecular flexibility index (Phi) is 5.24. The maximum atomic E-state index is 12.0. The first kappa shape index (κ1) is 20.0. The quantitative estimate of drug-likeness (QED) is 0.625. The smallest absolute Gasteiger partial charge is 0.407 e. The average molecular weight is 420 g/mol. The molecule has 1 saturated heterocycles. The summed E-state index contributed by atoms with van der Waals surface area (Å²) in [7, 11) is 0. The molecule has 0 unspecified atom stereocenters. The van der Waals surface area contributed by atoms with Gasteiger partial charge in [0, 0.05) is 37.9 Å². The van der Waals surface area contributed by atoms with E-state index in [0.717, 1.165) is 18.7 Å². The van der Waals surface area contributed by atoms with Crippen LogP contribution < -0.4 is 15.5 Å². The molecule has 1 aliphatic carbocycles. The number of aromatic amines is 1. The second kappa shape index (κ2) is 7.86. The molecule has 1 atom stereocenters. The molecule has 9 nitrogen and oxygen atoms in total. The van der Waals surface area contributed by atoms with Crippen molar-refractivity contribution in [3.8, 4) is 12.3 Å². The van der Waals surface area contributed by atoms with E-state index in [2.05, 4.69) is 36.7 Å². The van der Waals surface area contributed by atoms with Crippen molar-refractivity contribution in [2.45, 2.75) is 57.6 Å². The Morgan fingerprint density at radius 1 is 1.40 bits per heavy atom. The van der Waals surface area contributed by atoms with Crippen LogP contribution in [-0.4, -0.2) is 51.0 Å². The lowest BCUT2D eigenvalue weighted by molar-refractivity contribution is 0.0509. The third-order valence-corrected chi connectivity index (χ3v) is 4.98. The molecule has 1 aliphatic heterocycles. The number of alkyl carbamates (subject to hydrolysis) is 1. The molecule has 2 aromatic rings. The number of nitrogens with one attached hydrogen (secondary N) is 3. The predicted octanol–water partition coefficient (Wildman–Crippen LogP) is 4.14. The van der Waals surface area contributed by atoms with Crippen LogP contribution >= 0.6 is 0 Å². The normalized spacial score (nSPS) is 18.7. The topological polar surface area (TPSA) is 108 Å². The Balaban J connectivity index is 0. The Morgan fingerprint density at radius 2 is 2.20 bits per heavy atom. The van der Waals surface area contributed by atoms with Crippen LogP contribution in [0.15, 0.2) is 12.3 Å². The lowest BCUT2D eigenvalue weighted by atomic mass is 10.2. The summed E-state index contributed by atoms with van der Waals surface area (Å²) in [5.74, 6) is 4.98. The van der Waals surface area contributed by atoms with Crippen molar-refractivity contribution < 1.29 is 16.7 Å². The number of anilines is 3. The first-order valence-corrected chi connectivity index (χ1v) is 10.2. The number of amides is 1. The standard InChI is InChI=1S/C21H27N7O2.5H2/c1-5-13-11-22-19(25-18(13)24-17-10-16(26-27-17)14-6-7-14)28-9-8-15(12-28)23-20(29)30-21(2,3)4;;;;;/h1,10-11,14-15H,6-9,12H2,2-4H3,(H,23,29)(H2,22,24,25,26,27);5*1H/t15-;;;;;/m1...../s1. The fraction of sp³-hybridized carbons (Fsp3) is 0.524. The van der Waals surface area contributed by atoms with Gasteiger partial charge in [-0.1, -0.05) is 5.92 Å². The molecule has 168 valence electrons. The van der Waals surface area contributed by atoms with Crippen molar-refractivity contribution in [3.63, 3.8) is 0 Å². The van der Waals surface area contributed by atoms with Gasteiger partial charge in [0.25, 0.3) is 0 Å². The largest absolute Gasteiger partial charge is 0.444 e. The molecule has 2 fully saturated rings. The van der Waals surface area contributed by atoms with E-state index in [9.17, 15) is 4.79 Å². The Morgan fingerprint density at radius 3 is 2.90 bits per heavy atom. The number of hydrogen-bond acceptors (Lipinski definition) is 7. The number of carbonyl (C=O) groups is 1. The number of nitrogens with zero attached hydrogens (tertiary/aromatic N) is 4. The summed E-state index contributed by atoms with van der Waals surface area (Å²) in [6.45, 7) is 6.85. The van der Waals surface area contributed by atoms with Gasteiger partial charge in [-0.25, -0.2) is 9.78 Å². The van der Waals surface area contributed by atoms with Gasteiger partial charge in [-0.05, 0) is 40.0 Å². The van der Waals surface area contributed by atoms with Crippen LogP contribution in [0, 0.1) is 12.3 Å². The van der Waals surface area contributed by atoms with Crippen molar-refractivity contribution in [1.29, 1.82) is 0 Å². The highest BCUT2D eigenvalue weighted by Gasteiger charge is 2.28. The molecule has 0 radical (unpaired) electrons. The van der Waals surface area contributed by atoms with E-state index >= 15 is 0 Å². The number of carbonyl (C=O) groups excluding carboxylic acids is 1. The Hall–Kier alpha value is -3.28. The third-order valence-electron chi connectivity index (χ3n) is 4.98. The SMILES string of the molecule is C#Cc1cnc(N2CC[C@@H](NC(=O)OC(C)(C)C)C2)nc1Nc1cc(C2CC2)[nH]n1.[HH].[HH].[HH].[HH].[HH]. The summed E-state index contributed by atoms with van der Waals surface area (Å²) in [4.78, 5) is 23.1. The minimum atomic E-state index is -0.525. The Bertz CT molecular complexity index is 989. The van der Waals surface area contributed by atoms with E-state index in [1.165, 1.54) is 12.8 Å². The lowest BCUT2D eigenvalue weighted by Gasteiger charge is -2.22. The maximum Gasteiger partial charge on any atom is 0.407 e. The molecule has 0 aromatic carbocycles. The second-order valence-electron chi connectivity index (χ2n) is 8.76. The molecule has 3 N–H and O–H groups in total. The first-order valence-electron chi connectivity index (χ1n) is 10.2. The highest BCUT2D eigenvalue weighted by Crippen LogP contribution is 2.39. The summed E-state index contributed by atoms with van der Waals surface area (Å²) < 4.78 is 5.34. The first-order chi connectivity index (χ1) is 14.3. The summed E-state index contributed by atoms with van der Waals surface area (Å²) in [5.41, 5.74) is 1.17. The van der Waals surface area contributed by atoms with Crippen LogP contribution in [0.1, 0.15) is 64.3 Å². The zero-order valence-corrected chi connectivity index (χ0v) is 17.5. The van der Waals surface area contributed by atoms with Crippen LogP contribution in [0.3, 0.4) is 0 Å². The van der Waals surface area contributed by atoms with Crippen molar-refractivity contribution in [3.05, 3.63) is 23.5 Å². The summed E-state index contributed by atoms with van der Waals surface area (Å²) in [5, 5.41) is 13.5. The van der Waals surface area contributed by atoms with Crippen LogP contribution in [0.25, 0.3) is 0 Å². The van der Waals surface area contributed by atoms with E-state index in [1.807, 2.05) is 31.7 Å². The third kappa shape index (κ3) is 4.82. The van der Waals surface area contributed by atoms with Crippen molar-refractivity contribution in [2.24, 2.45) is 0 Å². The van der Waals surface area contributed by atoms with Crippen LogP contribution in [0.4, 0.5) is 22.4 Å². The fourth-order valence-corrected chi connectivity index (χ4v) is 3.39. The van der Waals surface area contributed by atoms with E-state index in [1.54, 1.807) is 6.20 Å². The van der Waals surface area contributed by atoms with Crippen molar-refractivity contribution in [1.82, 2.24) is 25.5 Å². The minimum absolute atomic E-state index is 0. The number of rotatable bonds is 5. The fourth-order valence-electron chi connectivity index (χ4n) is 3.39. The average Bonchev–Trinajstić information content (AvgIpc) is 3.24. The molecular formula is C21H37N7O2. The van der Waals surface area contributed by atoms with Crippen LogP contribution in [-0.2, 0) is 4.74 Å². The molecule has 0 spiro atoms. The maximum absolute atomic E-state index is 12.0. The van der Waals surface area contributed by atoms with Gasteiger partial charge in [-0.3, -0.25) is 5.10 Å². The zero-order valence-electron chi connectivity index (χ0n) is 17.5. The molecule has 30 heavy (non-hydrogen) atoms. The highest BCUT2D eigenvalue weighted by molar-refractivity contribution is 5.68. The molecule has 9 heteroatoms. The predicted molar refractivity (Wildman–Crippen MR) is 124 cm³/mol. The summed E-state index contributed by atoms with van der Waals surface area (Å²) in [6.07, 6.45) is 10.0. The highest BCUT2D eigenvalue weighted by atomic mass is 16.6. The number of hydrogen-bond donors (Lipinski definition) is 3. The molecule has 1 amide bonds. The van der Waals surface area contributed by atoms with Gasteiger partial charge < -0.3 is 20.3 Å². The van der Waals surface area contributed by atoms with E-state index in [0.29, 0.717) is 35.6 Å². The number of aromatic nitrogens is 4. The van der Waals surface area contributed by atoms with Gasteiger partial charge in [0.2, 0.25) is 5.95 Å². The molecule has 4 rings (SSSR count). The van der Waals surface area contributed by atoms with Gasteiger partial charge in [0.05, 0.1) is 17.8 Å². The van der Waals surface area contributed by atoms with Gasteiger partial charge >= 0.3 is 6.09 Å². The summed E-state index contributed by atoms with van der Waals surface area (Å²) in [6, 6.07) is 1.97. The summed E-state index contributed by atoms with van der Waals surface area (Å²) >= 11 is 0. The lowest BCUT2D eigenvalue weighted by Crippen LogP contribution is -2.40. The van der Waals surface area contributed by atoms with Crippen LogP contribution in [0.2, 0.25) is 0 Å². The Labute approximate surface area is 183 Å². The number of terminal acetylenes is 1. The minimum Gasteiger partial charge on any atom is -0.444 e. The van der Waals surface area contributed by atoms with Crippen molar-refractivity contribution in [2.75, 3.05) is 23.3 Å². The van der Waals surface area contributed by atoms with E-state index in [-0.39, 0.29) is 13.2 Å². The van der Waals surface area contributed by atoms with Gasteiger partial charge in [-0.15, -0.1) is 6.42 Å².